The van der Waals surface area contributed by atoms with Crippen molar-refractivity contribution in [2.75, 3.05) is 24.5 Å². The van der Waals surface area contributed by atoms with E-state index in [1.807, 2.05) is 6.20 Å². The Hall–Kier alpha value is -1.35. The summed E-state index contributed by atoms with van der Waals surface area (Å²) in [4.78, 5) is 6.93. The van der Waals surface area contributed by atoms with Crippen LogP contribution in [-0.2, 0) is 6.54 Å². The second kappa shape index (κ2) is 6.71. The van der Waals surface area contributed by atoms with Crippen molar-refractivity contribution in [3.05, 3.63) is 35.2 Å². The lowest BCUT2D eigenvalue weighted by molar-refractivity contribution is 0.669. The quantitative estimate of drug-likeness (QED) is 0.651. The molecule has 0 atom stereocenters. The van der Waals surface area contributed by atoms with Crippen LogP contribution < -0.4 is 10.2 Å². The van der Waals surface area contributed by atoms with E-state index in [4.69, 9.17) is 0 Å². The number of nitrogens with one attached hydrogen (secondary N) is 1. The van der Waals surface area contributed by atoms with Crippen LogP contribution >= 0.6 is 0 Å². The fourth-order valence-corrected chi connectivity index (χ4v) is 2.52. The molecule has 2 heterocycles. The van der Waals surface area contributed by atoms with E-state index in [-0.39, 0.29) is 0 Å². The molecule has 0 spiro atoms. The molecule has 3 heteroatoms. The minimum atomic E-state index is 0.912. The number of nitrogens with zero attached hydrogens (tertiary/aromatic N) is 2. The smallest absolute Gasteiger partial charge is 0.0448 e. The average Bonchev–Trinajstić information content (AvgIpc) is 2.40. The summed E-state index contributed by atoms with van der Waals surface area (Å²) in [5.74, 6) is 0. The second-order valence-electron chi connectivity index (χ2n) is 5.39. The molecule has 0 saturated heterocycles. The molecular formula is C16H25N3. The van der Waals surface area contributed by atoms with Gasteiger partial charge in [-0.15, -0.1) is 0 Å². The Bertz CT molecular complexity index is 451. The first-order valence-corrected chi connectivity index (χ1v) is 7.27. The van der Waals surface area contributed by atoms with Crippen molar-refractivity contribution in [3.63, 3.8) is 0 Å². The van der Waals surface area contributed by atoms with Gasteiger partial charge in [-0.3, -0.25) is 4.98 Å². The number of pyridine rings is 1. The molecule has 0 fully saturated rings. The van der Waals surface area contributed by atoms with E-state index >= 15 is 0 Å². The number of hydrogen-bond acceptors (Lipinski definition) is 3. The van der Waals surface area contributed by atoms with Gasteiger partial charge in [0.25, 0.3) is 0 Å². The monoisotopic (exact) mass is 259 g/mol. The van der Waals surface area contributed by atoms with Gasteiger partial charge in [0.1, 0.15) is 0 Å². The van der Waals surface area contributed by atoms with Crippen LogP contribution in [0.5, 0.6) is 0 Å². The van der Waals surface area contributed by atoms with E-state index in [0.29, 0.717) is 0 Å². The average molecular weight is 259 g/mol. The standard InChI is InChI=1S/C16H25N3/c1-4-7-17-10-15-11-18-14(3)9-16(15)19-8-5-6-13(2)12-19/h6,9,11,17H,4-5,7-8,10,12H2,1-3H3. The zero-order valence-corrected chi connectivity index (χ0v) is 12.4. The zero-order chi connectivity index (χ0) is 13.7. The van der Waals surface area contributed by atoms with Gasteiger partial charge in [0.05, 0.1) is 0 Å². The molecule has 1 aliphatic rings. The molecule has 0 saturated carbocycles. The van der Waals surface area contributed by atoms with E-state index in [1.54, 1.807) is 0 Å². The molecule has 1 aromatic heterocycles. The normalized spacial score (nSPS) is 15.5. The molecule has 0 aliphatic carbocycles. The van der Waals surface area contributed by atoms with Crippen molar-refractivity contribution in [1.29, 1.82) is 0 Å². The van der Waals surface area contributed by atoms with Gasteiger partial charge in [-0.05, 0) is 39.3 Å². The van der Waals surface area contributed by atoms with Gasteiger partial charge in [0.2, 0.25) is 0 Å². The first kappa shape index (κ1) is 14.1. The van der Waals surface area contributed by atoms with Gasteiger partial charge < -0.3 is 10.2 Å². The van der Waals surface area contributed by atoms with Crippen LogP contribution in [0.3, 0.4) is 0 Å². The largest absolute Gasteiger partial charge is 0.367 e. The van der Waals surface area contributed by atoms with Crippen LogP contribution in [-0.4, -0.2) is 24.6 Å². The van der Waals surface area contributed by atoms with Crippen molar-refractivity contribution in [2.45, 2.75) is 40.2 Å². The molecule has 19 heavy (non-hydrogen) atoms. The third-order valence-corrected chi connectivity index (χ3v) is 3.51. The highest BCUT2D eigenvalue weighted by Gasteiger charge is 2.14. The van der Waals surface area contributed by atoms with Gasteiger partial charge in [0, 0.05) is 42.8 Å². The lowest BCUT2D eigenvalue weighted by Crippen LogP contribution is -2.31. The van der Waals surface area contributed by atoms with Crippen molar-refractivity contribution >= 4 is 5.69 Å². The molecular weight excluding hydrogens is 234 g/mol. The SMILES string of the molecule is CCCNCc1cnc(C)cc1N1CCC=C(C)C1. The highest BCUT2D eigenvalue weighted by Crippen LogP contribution is 2.24. The lowest BCUT2D eigenvalue weighted by atomic mass is 10.1. The molecule has 0 unspecified atom stereocenters. The predicted molar refractivity (Wildman–Crippen MR) is 81.6 cm³/mol. The number of hydrogen-bond donors (Lipinski definition) is 1. The summed E-state index contributed by atoms with van der Waals surface area (Å²) in [6, 6.07) is 2.22. The first-order valence-electron chi connectivity index (χ1n) is 7.27. The Kier molecular flexibility index (Phi) is 4.97. The van der Waals surface area contributed by atoms with E-state index in [9.17, 15) is 0 Å². The molecule has 0 radical (unpaired) electrons. The van der Waals surface area contributed by atoms with Gasteiger partial charge in [0.15, 0.2) is 0 Å². The van der Waals surface area contributed by atoms with Gasteiger partial charge in [-0.2, -0.15) is 0 Å². The summed E-state index contributed by atoms with van der Waals surface area (Å²) in [7, 11) is 0. The first-order chi connectivity index (χ1) is 9.20. The minimum Gasteiger partial charge on any atom is -0.367 e. The van der Waals surface area contributed by atoms with Crippen molar-refractivity contribution in [2.24, 2.45) is 0 Å². The molecule has 1 aliphatic heterocycles. The van der Waals surface area contributed by atoms with Crippen LogP contribution in [0.1, 0.15) is 37.9 Å². The summed E-state index contributed by atoms with van der Waals surface area (Å²) in [6.07, 6.45) is 6.69. The lowest BCUT2D eigenvalue weighted by Gasteiger charge is -2.30. The second-order valence-corrected chi connectivity index (χ2v) is 5.39. The van der Waals surface area contributed by atoms with E-state index < -0.39 is 0 Å². The minimum absolute atomic E-state index is 0.912. The summed E-state index contributed by atoms with van der Waals surface area (Å²) >= 11 is 0. The van der Waals surface area contributed by atoms with Gasteiger partial charge in [-0.1, -0.05) is 18.6 Å². The fraction of sp³-hybridized carbons (Fsp3) is 0.562. The zero-order valence-electron chi connectivity index (χ0n) is 12.4. The molecule has 0 aromatic carbocycles. The third-order valence-electron chi connectivity index (χ3n) is 3.51. The van der Waals surface area contributed by atoms with Crippen LogP contribution in [0.15, 0.2) is 23.9 Å². The number of aryl methyl sites for hydroxylation is 1. The topological polar surface area (TPSA) is 28.2 Å². The Morgan fingerprint density at radius 3 is 2.95 bits per heavy atom. The maximum absolute atomic E-state index is 4.45. The Morgan fingerprint density at radius 2 is 2.21 bits per heavy atom. The number of aromatic nitrogens is 1. The van der Waals surface area contributed by atoms with E-state index in [0.717, 1.165) is 38.3 Å². The van der Waals surface area contributed by atoms with Gasteiger partial charge in [-0.25, -0.2) is 0 Å². The molecule has 0 amide bonds. The van der Waals surface area contributed by atoms with Crippen LogP contribution in [0.4, 0.5) is 5.69 Å². The predicted octanol–water partition coefficient (Wildman–Crippen LogP) is 3.05. The number of anilines is 1. The Morgan fingerprint density at radius 1 is 1.37 bits per heavy atom. The number of rotatable bonds is 5. The Balaban J connectivity index is 2.17. The summed E-state index contributed by atoms with van der Waals surface area (Å²) in [6.45, 7) is 10.6. The van der Waals surface area contributed by atoms with Crippen LogP contribution in [0, 0.1) is 6.92 Å². The fourth-order valence-electron chi connectivity index (χ4n) is 2.52. The Labute approximate surface area is 116 Å². The molecule has 1 N–H and O–H groups in total. The molecule has 3 nitrogen and oxygen atoms in total. The van der Waals surface area contributed by atoms with Crippen LogP contribution in [0.25, 0.3) is 0 Å². The molecule has 1 aromatic rings. The van der Waals surface area contributed by atoms with Crippen molar-refractivity contribution < 1.29 is 0 Å². The van der Waals surface area contributed by atoms with Crippen LogP contribution in [0.2, 0.25) is 0 Å². The molecule has 0 bridgehead atoms. The molecule has 2 rings (SSSR count). The maximum atomic E-state index is 4.45. The highest BCUT2D eigenvalue weighted by molar-refractivity contribution is 5.55. The molecule has 104 valence electrons. The van der Waals surface area contributed by atoms with Gasteiger partial charge >= 0.3 is 0 Å². The summed E-state index contributed by atoms with van der Waals surface area (Å²) in [5, 5.41) is 3.48. The summed E-state index contributed by atoms with van der Waals surface area (Å²) < 4.78 is 0. The maximum Gasteiger partial charge on any atom is 0.0448 e. The van der Waals surface area contributed by atoms with Crippen molar-refractivity contribution in [1.82, 2.24) is 10.3 Å². The van der Waals surface area contributed by atoms with Crippen molar-refractivity contribution in [3.8, 4) is 0 Å². The third kappa shape index (κ3) is 3.80. The van der Waals surface area contributed by atoms with E-state index in [1.165, 1.54) is 23.2 Å². The highest BCUT2D eigenvalue weighted by atomic mass is 15.1. The summed E-state index contributed by atoms with van der Waals surface area (Å²) in [5.41, 5.74) is 5.23. The van der Waals surface area contributed by atoms with E-state index in [2.05, 4.69) is 48.1 Å².